The third-order valence-corrected chi connectivity index (χ3v) is 5.95. The van der Waals surface area contributed by atoms with Crippen LogP contribution in [-0.4, -0.2) is 78.4 Å². The Bertz CT molecular complexity index is 1190. The Hall–Kier alpha value is -3.97. The van der Waals surface area contributed by atoms with Crippen molar-refractivity contribution in [3.8, 4) is 11.8 Å². The molecule has 0 aliphatic carbocycles. The summed E-state index contributed by atoms with van der Waals surface area (Å²) < 4.78 is 13.1. The Kier molecular flexibility index (Phi) is 10.6. The van der Waals surface area contributed by atoms with Crippen LogP contribution in [-0.2, 0) is 9.59 Å². The van der Waals surface area contributed by atoms with Gasteiger partial charge in [-0.15, -0.1) is 0 Å². The highest BCUT2D eigenvalue weighted by Crippen LogP contribution is 2.23. The Labute approximate surface area is 223 Å². The highest BCUT2D eigenvalue weighted by atomic mass is 19.1. The molecule has 2 amide bonds. The summed E-state index contributed by atoms with van der Waals surface area (Å²) in [6.07, 6.45) is 6.92. The Morgan fingerprint density at radius 3 is 2.74 bits per heavy atom. The van der Waals surface area contributed by atoms with Gasteiger partial charge in [0.15, 0.2) is 0 Å². The van der Waals surface area contributed by atoms with Crippen molar-refractivity contribution in [1.29, 1.82) is 0 Å². The highest BCUT2D eigenvalue weighted by molar-refractivity contribution is 5.93. The Balaban J connectivity index is 1.47. The monoisotopic (exact) mass is 521 g/mol. The van der Waals surface area contributed by atoms with Gasteiger partial charge in [-0.25, -0.2) is 9.37 Å². The van der Waals surface area contributed by atoms with Crippen molar-refractivity contribution in [3.05, 3.63) is 54.0 Å². The van der Waals surface area contributed by atoms with Gasteiger partial charge >= 0.3 is 0 Å². The Morgan fingerprint density at radius 2 is 2.03 bits per heavy atom. The zero-order chi connectivity index (χ0) is 27.5. The van der Waals surface area contributed by atoms with Crippen molar-refractivity contribution in [1.82, 2.24) is 25.1 Å². The molecule has 10 heteroatoms. The number of hydrogen-bond acceptors (Lipinski definition) is 7. The summed E-state index contributed by atoms with van der Waals surface area (Å²) in [7, 11) is 5.62. The number of likely N-dealkylation sites (tertiary alicyclic amines) is 1. The number of halogens is 1. The van der Waals surface area contributed by atoms with Crippen molar-refractivity contribution in [2.75, 3.05) is 51.4 Å². The Morgan fingerprint density at radius 1 is 1.26 bits per heavy atom. The van der Waals surface area contributed by atoms with Crippen LogP contribution in [0.5, 0.6) is 0 Å². The SMILES string of the molecule is CNc1nc(Nc2ccc(F)cc2)ncc1C#CCCCNC(=O)[C@@H]1C[C@H](C)CN1C(=O)C=CCN(C)C. The summed E-state index contributed by atoms with van der Waals surface area (Å²) in [6.45, 7) is 3.79. The van der Waals surface area contributed by atoms with E-state index in [2.05, 4.69) is 44.7 Å². The third kappa shape index (κ3) is 8.56. The van der Waals surface area contributed by atoms with Crippen LogP contribution in [0, 0.1) is 23.6 Å². The number of hydrogen-bond donors (Lipinski definition) is 3. The second-order valence-corrected chi connectivity index (χ2v) is 9.55. The first kappa shape index (κ1) is 28.6. The van der Waals surface area contributed by atoms with Crippen molar-refractivity contribution >= 4 is 29.3 Å². The summed E-state index contributed by atoms with van der Waals surface area (Å²) in [6, 6.07) is 5.49. The molecule has 3 rings (SSSR count). The number of likely N-dealkylation sites (N-methyl/N-ethyl adjacent to an activating group) is 1. The number of anilines is 3. The van der Waals surface area contributed by atoms with Gasteiger partial charge in [0.05, 0.1) is 11.8 Å². The van der Waals surface area contributed by atoms with E-state index >= 15 is 0 Å². The highest BCUT2D eigenvalue weighted by Gasteiger charge is 2.36. The van der Waals surface area contributed by atoms with Gasteiger partial charge in [-0.05, 0) is 57.1 Å². The fourth-order valence-electron chi connectivity index (χ4n) is 4.05. The van der Waals surface area contributed by atoms with E-state index in [9.17, 15) is 14.0 Å². The zero-order valence-electron chi connectivity index (χ0n) is 22.4. The van der Waals surface area contributed by atoms with E-state index in [1.807, 2.05) is 25.1 Å². The van der Waals surface area contributed by atoms with Gasteiger partial charge in [-0.3, -0.25) is 9.59 Å². The van der Waals surface area contributed by atoms with Crippen LogP contribution in [0.1, 0.15) is 31.7 Å². The third-order valence-electron chi connectivity index (χ3n) is 5.95. The predicted octanol–water partition coefficient (Wildman–Crippen LogP) is 3.00. The number of carbonyl (C=O) groups excluding carboxylic acids is 2. The molecule has 0 radical (unpaired) electrons. The van der Waals surface area contributed by atoms with Gasteiger partial charge in [0, 0.05) is 44.9 Å². The van der Waals surface area contributed by atoms with Crippen LogP contribution >= 0.6 is 0 Å². The lowest BCUT2D eigenvalue weighted by molar-refractivity contribution is -0.135. The van der Waals surface area contributed by atoms with Gasteiger partial charge in [0.25, 0.3) is 0 Å². The number of aromatic nitrogens is 2. The molecule has 2 heterocycles. The number of nitrogens with one attached hydrogen (secondary N) is 3. The fraction of sp³-hybridized carbons (Fsp3) is 0.429. The van der Waals surface area contributed by atoms with Crippen molar-refractivity contribution < 1.29 is 14.0 Å². The van der Waals surface area contributed by atoms with Crippen molar-refractivity contribution in [2.45, 2.75) is 32.2 Å². The lowest BCUT2D eigenvalue weighted by Gasteiger charge is -2.22. The van der Waals surface area contributed by atoms with Crippen LogP contribution in [0.3, 0.4) is 0 Å². The van der Waals surface area contributed by atoms with E-state index in [1.54, 1.807) is 36.4 Å². The first-order chi connectivity index (χ1) is 18.3. The number of amides is 2. The average Bonchev–Trinajstić information content (AvgIpc) is 3.29. The summed E-state index contributed by atoms with van der Waals surface area (Å²) in [5.41, 5.74) is 1.33. The molecule has 1 aromatic heterocycles. The quantitative estimate of drug-likeness (QED) is 0.251. The molecular weight excluding hydrogens is 485 g/mol. The van der Waals surface area contributed by atoms with E-state index < -0.39 is 6.04 Å². The first-order valence-corrected chi connectivity index (χ1v) is 12.7. The number of carbonyl (C=O) groups is 2. The zero-order valence-corrected chi connectivity index (χ0v) is 22.4. The van der Waals surface area contributed by atoms with Gasteiger partial charge in [0.2, 0.25) is 17.8 Å². The fourth-order valence-corrected chi connectivity index (χ4v) is 4.05. The molecule has 1 fully saturated rings. The maximum Gasteiger partial charge on any atom is 0.246 e. The molecule has 2 atom stereocenters. The van der Waals surface area contributed by atoms with E-state index in [4.69, 9.17) is 0 Å². The first-order valence-electron chi connectivity index (χ1n) is 12.7. The number of unbranched alkanes of at least 4 members (excludes halogenated alkanes) is 1. The van der Waals surface area contributed by atoms with E-state index in [1.165, 1.54) is 12.1 Å². The van der Waals surface area contributed by atoms with Crippen LogP contribution < -0.4 is 16.0 Å². The topological polar surface area (TPSA) is 102 Å². The van der Waals surface area contributed by atoms with Crippen LogP contribution in [0.25, 0.3) is 0 Å². The van der Waals surface area contributed by atoms with Crippen molar-refractivity contribution in [3.63, 3.8) is 0 Å². The molecule has 0 bridgehead atoms. The molecule has 1 aromatic carbocycles. The number of rotatable bonds is 10. The molecule has 3 N–H and O–H groups in total. The van der Waals surface area contributed by atoms with Crippen molar-refractivity contribution in [2.24, 2.45) is 5.92 Å². The van der Waals surface area contributed by atoms with Gasteiger partial charge in [-0.1, -0.05) is 24.8 Å². The minimum atomic E-state index is -0.440. The molecule has 0 saturated carbocycles. The number of nitrogens with zero attached hydrogens (tertiary/aromatic N) is 4. The smallest absolute Gasteiger partial charge is 0.246 e. The van der Waals surface area contributed by atoms with Gasteiger partial charge < -0.3 is 25.8 Å². The summed E-state index contributed by atoms with van der Waals surface area (Å²) in [4.78, 5) is 37.7. The average molecular weight is 522 g/mol. The molecule has 2 aromatic rings. The van der Waals surface area contributed by atoms with E-state index in [0.717, 1.165) is 0 Å². The number of benzene rings is 1. The predicted molar refractivity (Wildman–Crippen MR) is 147 cm³/mol. The van der Waals surface area contributed by atoms with Gasteiger partial charge in [-0.2, -0.15) is 4.98 Å². The normalized spacial score (nSPS) is 16.8. The lowest BCUT2D eigenvalue weighted by Crippen LogP contribution is -2.45. The van der Waals surface area contributed by atoms with Gasteiger partial charge in [0.1, 0.15) is 17.7 Å². The molecule has 1 saturated heterocycles. The summed E-state index contributed by atoms with van der Waals surface area (Å²) in [5, 5.41) is 9.00. The molecule has 38 heavy (non-hydrogen) atoms. The molecule has 9 nitrogen and oxygen atoms in total. The molecule has 202 valence electrons. The maximum atomic E-state index is 13.1. The van der Waals surface area contributed by atoms with Crippen LogP contribution in [0.15, 0.2) is 42.6 Å². The van der Waals surface area contributed by atoms with E-state index in [-0.39, 0.29) is 23.5 Å². The van der Waals surface area contributed by atoms with Crippen LogP contribution in [0.4, 0.5) is 21.8 Å². The van der Waals surface area contributed by atoms with E-state index in [0.29, 0.717) is 61.9 Å². The van der Waals surface area contributed by atoms with Crippen LogP contribution in [0.2, 0.25) is 0 Å². The molecule has 0 spiro atoms. The maximum absolute atomic E-state index is 13.1. The summed E-state index contributed by atoms with van der Waals surface area (Å²) in [5.74, 6) is 6.84. The molecule has 0 unspecified atom stereocenters. The minimum Gasteiger partial charge on any atom is -0.372 e. The molecule has 1 aliphatic heterocycles. The standard InChI is InChI=1S/C28H36FN7O2/c1-20-17-24(36(19-20)25(37)10-8-16-35(3)4)27(38)31-15-7-5-6-9-21-18-32-28(34-26(21)30-2)33-23-13-11-22(29)12-14-23/h8,10-14,18,20,24H,5,7,15-17,19H2,1-4H3,(H,31,38)(H2,30,32,33,34)/t20-,24-/m0/s1. The second kappa shape index (κ2) is 14.1. The summed E-state index contributed by atoms with van der Waals surface area (Å²) >= 11 is 0. The molecular formula is C28H36FN7O2. The molecule has 1 aliphatic rings. The largest absolute Gasteiger partial charge is 0.372 e. The lowest BCUT2D eigenvalue weighted by atomic mass is 10.1. The minimum absolute atomic E-state index is 0.119. The second-order valence-electron chi connectivity index (χ2n) is 9.55.